The molecule has 2 fully saturated rings. The van der Waals surface area contributed by atoms with Gasteiger partial charge in [0.05, 0.1) is 11.3 Å². The second kappa shape index (κ2) is 6.67. The van der Waals surface area contributed by atoms with Crippen LogP contribution >= 0.6 is 11.8 Å². The molecular formula is C16H19N5O4S. The molecule has 2 aromatic rings. The average molecular weight is 377 g/mol. The molecule has 4 heterocycles. The van der Waals surface area contributed by atoms with Crippen LogP contribution in [0, 0.1) is 0 Å². The maximum atomic E-state index is 12.8. The Balaban J connectivity index is 1.42. The molecule has 1 N–H and O–H groups in total. The first-order valence-corrected chi connectivity index (χ1v) is 9.40. The molecular weight excluding hydrogens is 358 g/mol. The molecule has 0 saturated carbocycles. The molecule has 9 nitrogen and oxygen atoms in total. The number of nitrogens with one attached hydrogen (secondary N) is 1. The van der Waals surface area contributed by atoms with Gasteiger partial charge in [0.2, 0.25) is 0 Å². The quantitative estimate of drug-likeness (QED) is 0.792. The second-order valence-corrected chi connectivity index (χ2v) is 7.32. The number of piperazine rings is 1. The fraction of sp³-hybridized carbons (Fsp3) is 0.500. The Morgan fingerprint density at radius 2 is 2.31 bits per heavy atom. The molecule has 1 unspecified atom stereocenters. The first-order chi connectivity index (χ1) is 12.6. The van der Waals surface area contributed by atoms with Crippen LogP contribution < -0.4 is 0 Å². The highest BCUT2D eigenvalue weighted by molar-refractivity contribution is 7.98. The SMILES string of the molecule is CCC12COC(=O)N1CCN(C(=O)c1ccc(CSc3ncn[nH]3)o1)C2. The number of hydrogen-bond donors (Lipinski definition) is 1. The van der Waals surface area contributed by atoms with E-state index in [1.807, 2.05) is 6.92 Å². The number of nitrogens with zero attached hydrogens (tertiary/aromatic N) is 4. The molecule has 2 aliphatic rings. The van der Waals surface area contributed by atoms with Crippen molar-refractivity contribution in [3.05, 3.63) is 30.0 Å². The lowest BCUT2D eigenvalue weighted by molar-refractivity contribution is 0.0338. The van der Waals surface area contributed by atoms with Gasteiger partial charge in [0.25, 0.3) is 5.91 Å². The molecule has 1 atom stereocenters. The molecule has 138 valence electrons. The van der Waals surface area contributed by atoms with Gasteiger partial charge in [0.15, 0.2) is 10.9 Å². The molecule has 2 amide bonds. The van der Waals surface area contributed by atoms with Crippen LogP contribution in [0.15, 0.2) is 28.0 Å². The number of fused-ring (bicyclic) bond motifs is 1. The number of carbonyl (C=O) groups excluding carboxylic acids is 2. The molecule has 10 heteroatoms. The van der Waals surface area contributed by atoms with E-state index >= 15 is 0 Å². The van der Waals surface area contributed by atoms with Gasteiger partial charge in [-0.2, -0.15) is 5.10 Å². The summed E-state index contributed by atoms with van der Waals surface area (Å²) in [4.78, 5) is 32.2. The largest absolute Gasteiger partial charge is 0.455 e. The molecule has 0 spiro atoms. The van der Waals surface area contributed by atoms with Crippen LogP contribution in [-0.2, 0) is 10.5 Å². The fourth-order valence-electron chi connectivity index (χ4n) is 3.37. The molecule has 2 saturated heterocycles. The number of aromatic nitrogens is 3. The van der Waals surface area contributed by atoms with Gasteiger partial charge in [-0.1, -0.05) is 18.7 Å². The van der Waals surface area contributed by atoms with Crippen molar-refractivity contribution in [1.82, 2.24) is 25.0 Å². The van der Waals surface area contributed by atoms with Crippen molar-refractivity contribution in [2.24, 2.45) is 0 Å². The molecule has 26 heavy (non-hydrogen) atoms. The summed E-state index contributed by atoms with van der Waals surface area (Å²) in [5.41, 5.74) is -0.428. The summed E-state index contributed by atoms with van der Waals surface area (Å²) in [7, 11) is 0. The lowest BCUT2D eigenvalue weighted by Gasteiger charge is -2.43. The third-order valence-electron chi connectivity index (χ3n) is 4.90. The number of amides is 2. The Bertz CT molecular complexity index is 807. The number of furan rings is 1. The number of cyclic esters (lactones) is 1. The third kappa shape index (κ3) is 2.94. The fourth-order valence-corrected chi connectivity index (χ4v) is 4.04. The Labute approximate surface area is 154 Å². The zero-order valence-corrected chi connectivity index (χ0v) is 15.1. The van der Waals surface area contributed by atoms with Gasteiger partial charge in [-0.3, -0.25) is 14.8 Å². The zero-order chi connectivity index (χ0) is 18.1. The van der Waals surface area contributed by atoms with Crippen LogP contribution in [0.4, 0.5) is 4.79 Å². The summed E-state index contributed by atoms with van der Waals surface area (Å²) >= 11 is 1.45. The number of rotatable bonds is 5. The summed E-state index contributed by atoms with van der Waals surface area (Å²) < 4.78 is 10.9. The van der Waals surface area contributed by atoms with E-state index in [0.29, 0.717) is 48.7 Å². The summed E-state index contributed by atoms with van der Waals surface area (Å²) in [6, 6.07) is 3.49. The smallest absolute Gasteiger partial charge is 0.410 e. The Hall–Kier alpha value is -2.49. The lowest BCUT2D eigenvalue weighted by Crippen LogP contribution is -2.62. The topological polar surface area (TPSA) is 105 Å². The van der Waals surface area contributed by atoms with Gasteiger partial charge in [0, 0.05) is 19.6 Å². The van der Waals surface area contributed by atoms with E-state index in [4.69, 9.17) is 9.15 Å². The molecule has 0 radical (unpaired) electrons. The molecule has 0 bridgehead atoms. The minimum atomic E-state index is -0.428. The van der Waals surface area contributed by atoms with Crippen molar-refractivity contribution < 1.29 is 18.7 Å². The normalized spacial score (nSPS) is 22.4. The van der Waals surface area contributed by atoms with E-state index in [9.17, 15) is 9.59 Å². The lowest BCUT2D eigenvalue weighted by atomic mass is 9.93. The summed E-state index contributed by atoms with van der Waals surface area (Å²) in [6.45, 7) is 3.74. The van der Waals surface area contributed by atoms with E-state index in [1.54, 1.807) is 21.9 Å². The highest BCUT2D eigenvalue weighted by Crippen LogP contribution is 2.32. The van der Waals surface area contributed by atoms with Crippen molar-refractivity contribution in [3.63, 3.8) is 0 Å². The number of H-pyrrole nitrogens is 1. The van der Waals surface area contributed by atoms with Gasteiger partial charge in [-0.05, 0) is 18.6 Å². The van der Waals surface area contributed by atoms with Crippen molar-refractivity contribution >= 4 is 23.8 Å². The van der Waals surface area contributed by atoms with Crippen molar-refractivity contribution in [1.29, 1.82) is 0 Å². The number of carbonyl (C=O) groups is 2. The first-order valence-electron chi connectivity index (χ1n) is 8.42. The number of ether oxygens (including phenoxy) is 1. The minimum absolute atomic E-state index is 0.160. The van der Waals surface area contributed by atoms with Crippen LogP contribution in [0.2, 0.25) is 0 Å². The van der Waals surface area contributed by atoms with E-state index in [2.05, 4.69) is 15.2 Å². The van der Waals surface area contributed by atoms with E-state index in [0.717, 1.165) is 6.42 Å². The number of aromatic amines is 1. The Morgan fingerprint density at radius 1 is 1.42 bits per heavy atom. The van der Waals surface area contributed by atoms with E-state index < -0.39 is 5.54 Å². The molecule has 4 rings (SSSR count). The minimum Gasteiger partial charge on any atom is -0.455 e. The van der Waals surface area contributed by atoms with Gasteiger partial charge in [-0.25, -0.2) is 9.78 Å². The molecule has 2 aromatic heterocycles. The molecule has 0 aliphatic carbocycles. The summed E-state index contributed by atoms with van der Waals surface area (Å²) in [6.07, 6.45) is 1.89. The Morgan fingerprint density at radius 3 is 3.08 bits per heavy atom. The monoisotopic (exact) mass is 377 g/mol. The standard InChI is InChI=1S/C16H19N5O4S/c1-2-16-8-20(5-6-21(16)15(23)24-9-16)13(22)12-4-3-11(25-12)7-26-14-17-10-18-19-14/h3-4,10H,2,5-9H2,1H3,(H,17,18,19). The van der Waals surface area contributed by atoms with Gasteiger partial charge in [-0.15, -0.1) is 0 Å². The second-order valence-electron chi connectivity index (χ2n) is 6.36. The predicted octanol–water partition coefficient (Wildman–Crippen LogP) is 1.75. The third-order valence-corrected chi connectivity index (χ3v) is 5.80. The maximum absolute atomic E-state index is 12.8. The zero-order valence-electron chi connectivity index (χ0n) is 14.3. The van der Waals surface area contributed by atoms with Crippen molar-refractivity contribution in [2.75, 3.05) is 26.2 Å². The first kappa shape index (κ1) is 17.0. The summed E-state index contributed by atoms with van der Waals surface area (Å²) in [5, 5.41) is 7.25. The van der Waals surface area contributed by atoms with Crippen LogP contribution in [0.3, 0.4) is 0 Å². The van der Waals surface area contributed by atoms with Crippen LogP contribution in [0.1, 0.15) is 29.7 Å². The number of hydrogen-bond acceptors (Lipinski definition) is 7. The van der Waals surface area contributed by atoms with Gasteiger partial charge in [0.1, 0.15) is 18.7 Å². The highest BCUT2D eigenvalue weighted by atomic mass is 32.2. The number of thioether (sulfide) groups is 1. The maximum Gasteiger partial charge on any atom is 0.410 e. The van der Waals surface area contributed by atoms with Gasteiger partial charge >= 0.3 is 6.09 Å². The Kier molecular flexibility index (Phi) is 4.35. The van der Waals surface area contributed by atoms with Crippen LogP contribution in [-0.4, -0.2) is 68.8 Å². The molecule has 0 aromatic carbocycles. The van der Waals surface area contributed by atoms with E-state index in [1.165, 1.54) is 18.1 Å². The van der Waals surface area contributed by atoms with Crippen molar-refractivity contribution in [2.45, 2.75) is 29.8 Å². The van der Waals surface area contributed by atoms with E-state index in [-0.39, 0.29) is 12.0 Å². The van der Waals surface area contributed by atoms with Gasteiger partial charge < -0.3 is 14.1 Å². The highest BCUT2D eigenvalue weighted by Gasteiger charge is 2.50. The van der Waals surface area contributed by atoms with Crippen LogP contribution in [0.5, 0.6) is 0 Å². The molecule has 2 aliphatic heterocycles. The summed E-state index contributed by atoms with van der Waals surface area (Å²) in [5.74, 6) is 1.39. The van der Waals surface area contributed by atoms with Crippen molar-refractivity contribution in [3.8, 4) is 0 Å². The average Bonchev–Trinajstić information content (AvgIpc) is 3.40. The van der Waals surface area contributed by atoms with Crippen LogP contribution in [0.25, 0.3) is 0 Å². The predicted molar refractivity (Wildman–Crippen MR) is 91.6 cm³/mol.